The first kappa shape index (κ1) is 18.7. The maximum atomic E-state index is 12.7. The third-order valence-electron chi connectivity index (χ3n) is 5.59. The van der Waals surface area contributed by atoms with Gasteiger partial charge in [-0.2, -0.15) is 5.10 Å². The van der Waals surface area contributed by atoms with Gasteiger partial charge in [-0.05, 0) is 31.5 Å². The van der Waals surface area contributed by atoms with E-state index in [0.717, 1.165) is 43.6 Å². The third-order valence-corrected chi connectivity index (χ3v) is 5.59. The fraction of sp³-hybridized carbons (Fsp3) is 0.391. The number of benzene rings is 2. The molecule has 3 aromatic rings. The van der Waals surface area contributed by atoms with Gasteiger partial charge in [0.2, 0.25) is 5.91 Å². The second-order valence-electron chi connectivity index (χ2n) is 7.82. The number of piperazine rings is 1. The van der Waals surface area contributed by atoms with Crippen LogP contribution in [-0.4, -0.2) is 51.7 Å². The zero-order valence-electron chi connectivity index (χ0n) is 16.8. The van der Waals surface area contributed by atoms with Crippen molar-refractivity contribution in [1.29, 1.82) is 0 Å². The molecule has 0 atom stereocenters. The van der Waals surface area contributed by atoms with Crippen molar-refractivity contribution < 1.29 is 4.79 Å². The SMILES string of the molecule is Cc1ccc(CN2CCN(C(=O)CCn3ncc4cc(C)ccc43)CC2)cc1. The second-order valence-corrected chi connectivity index (χ2v) is 7.82. The molecule has 2 heterocycles. The average molecular weight is 377 g/mol. The summed E-state index contributed by atoms with van der Waals surface area (Å²) in [5.41, 5.74) is 4.96. The fourth-order valence-corrected chi connectivity index (χ4v) is 3.85. The minimum absolute atomic E-state index is 0.228. The predicted octanol–water partition coefficient (Wildman–Crippen LogP) is 3.39. The summed E-state index contributed by atoms with van der Waals surface area (Å²) < 4.78 is 1.94. The quantitative estimate of drug-likeness (QED) is 0.685. The second kappa shape index (κ2) is 8.15. The van der Waals surface area contributed by atoms with E-state index in [1.165, 1.54) is 16.7 Å². The van der Waals surface area contributed by atoms with Crippen LogP contribution in [0.15, 0.2) is 48.7 Å². The number of carbonyl (C=O) groups excluding carboxylic acids is 1. The van der Waals surface area contributed by atoms with Crippen LogP contribution in [-0.2, 0) is 17.9 Å². The van der Waals surface area contributed by atoms with Gasteiger partial charge in [0.1, 0.15) is 0 Å². The number of aromatic nitrogens is 2. The standard InChI is InChI=1S/C23H28N4O/c1-18-3-6-20(7-4-18)17-25-11-13-26(14-12-25)23(28)9-10-27-22-8-5-19(2)15-21(22)16-24-27/h3-8,15-16H,9-14,17H2,1-2H3. The van der Waals surface area contributed by atoms with E-state index >= 15 is 0 Å². The number of carbonyl (C=O) groups is 1. The number of nitrogens with zero attached hydrogens (tertiary/aromatic N) is 4. The maximum Gasteiger partial charge on any atom is 0.224 e. The molecule has 0 unspecified atom stereocenters. The summed E-state index contributed by atoms with van der Waals surface area (Å²) in [6.45, 7) is 9.27. The Morgan fingerprint density at radius 3 is 2.43 bits per heavy atom. The van der Waals surface area contributed by atoms with Gasteiger partial charge in [-0.1, -0.05) is 41.5 Å². The molecular weight excluding hydrogens is 348 g/mol. The van der Waals surface area contributed by atoms with E-state index in [2.05, 4.69) is 66.3 Å². The van der Waals surface area contributed by atoms with E-state index in [1.807, 2.05) is 15.8 Å². The van der Waals surface area contributed by atoms with Crippen molar-refractivity contribution in [2.24, 2.45) is 0 Å². The van der Waals surface area contributed by atoms with Crippen LogP contribution in [0.2, 0.25) is 0 Å². The Kier molecular flexibility index (Phi) is 5.44. The Morgan fingerprint density at radius 2 is 1.68 bits per heavy atom. The molecule has 146 valence electrons. The van der Waals surface area contributed by atoms with Crippen molar-refractivity contribution in [3.05, 3.63) is 65.4 Å². The number of hydrogen-bond acceptors (Lipinski definition) is 3. The Bertz CT molecular complexity index is 952. The molecule has 1 saturated heterocycles. The molecule has 1 amide bonds. The number of fused-ring (bicyclic) bond motifs is 1. The number of amides is 1. The first-order chi connectivity index (χ1) is 13.6. The smallest absolute Gasteiger partial charge is 0.224 e. The summed E-state index contributed by atoms with van der Waals surface area (Å²) in [4.78, 5) is 17.1. The highest BCUT2D eigenvalue weighted by Crippen LogP contribution is 2.16. The van der Waals surface area contributed by atoms with E-state index < -0.39 is 0 Å². The highest BCUT2D eigenvalue weighted by molar-refractivity contribution is 5.80. The molecule has 4 rings (SSSR count). The molecule has 0 aliphatic carbocycles. The van der Waals surface area contributed by atoms with Crippen LogP contribution < -0.4 is 0 Å². The molecule has 5 nitrogen and oxygen atoms in total. The van der Waals surface area contributed by atoms with Crippen LogP contribution in [0.4, 0.5) is 0 Å². The summed E-state index contributed by atoms with van der Waals surface area (Å²) in [5, 5.41) is 5.59. The van der Waals surface area contributed by atoms with E-state index in [0.29, 0.717) is 13.0 Å². The van der Waals surface area contributed by atoms with Crippen molar-refractivity contribution in [3.8, 4) is 0 Å². The summed E-state index contributed by atoms with van der Waals surface area (Å²) in [7, 11) is 0. The first-order valence-electron chi connectivity index (χ1n) is 10.1. The molecule has 0 spiro atoms. The molecule has 0 saturated carbocycles. The zero-order valence-corrected chi connectivity index (χ0v) is 16.8. The zero-order chi connectivity index (χ0) is 19.5. The van der Waals surface area contributed by atoms with Gasteiger partial charge < -0.3 is 4.90 Å². The molecule has 0 bridgehead atoms. The van der Waals surface area contributed by atoms with Gasteiger partial charge in [0.05, 0.1) is 18.3 Å². The molecular formula is C23H28N4O. The van der Waals surface area contributed by atoms with Crippen LogP contribution in [0.5, 0.6) is 0 Å². The van der Waals surface area contributed by atoms with E-state index in [1.54, 1.807) is 0 Å². The summed E-state index contributed by atoms with van der Waals surface area (Å²) in [6.07, 6.45) is 2.39. The monoisotopic (exact) mass is 376 g/mol. The van der Waals surface area contributed by atoms with Crippen LogP contribution in [0.3, 0.4) is 0 Å². The largest absolute Gasteiger partial charge is 0.340 e. The van der Waals surface area contributed by atoms with Gasteiger partial charge >= 0.3 is 0 Å². The highest BCUT2D eigenvalue weighted by atomic mass is 16.2. The van der Waals surface area contributed by atoms with E-state index in [4.69, 9.17) is 0 Å². The number of aryl methyl sites for hydroxylation is 3. The van der Waals surface area contributed by atoms with Crippen LogP contribution in [0.1, 0.15) is 23.1 Å². The topological polar surface area (TPSA) is 41.4 Å². The Morgan fingerprint density at radius 1 is 0.964 bits per heavy atom. The molecule has 1 aromatic heterocycles. The lowest BCUT2D eigenvalue weighted by Crippen LogP contribution is -2.48. The van der Waals surface area contributed by atoms with Gasteiger partial charge in [0.25, 0.3) is 0 Å². The molecule has 1 aliphatic heterocycles. The van der Waals surface area contributed by atoms with Crippen molar-refractivity contribution in [2.45, 2.75) is 33.4 Å². The number of rotatable bonds is 5. The molecule has 1 fully saturated rings. The van der Waals surface area contributed by atoms with Crippen LogP contribution in [0, 0.1) is 13.8 Å². The fourth-order valence-electron chi connectivity index (χ4n) is 3.85. The Labute approximate surface area is 166 Å². The van der Waals surface area contributed by atoms with Crippen molar-refractivity contribution in [2.75, 3.05) is 26.2 Å². The normalized spacial score (nSPS) is 15.3. The van der Waals surface area contributed by atoms with Gasteiger partial charge in [0.15, 0.2) is 0 Å². The molecule has 28 heavy (non-hydrogen) atoms. The van der Waals surface area contributed by atoms with Gasteiger partial charge in [-0.3, -0.25) is 14.4 Å². The number of hydrogen-bond donors (Lipinski definition) is 0. The Balaban J connectivity index is 1.27. The lowest BCUT2D eigenvalue weighted by molar-refractivity contribution is -0.133. The van der Waals surface area contributed by atoms with Crippen LogP contribution >= 0.6 is 0 Å². The maximum absolute atomic E-state index is 12.7. The van der Waals surface area contributed by atoms with E-state index in [9.17, 15) is 4.79 Å². The molecule has 2 aromatic carbocycles. The average Bonchev–Trinajstić information content (AvgIpc) is 3.10. The van der Waals surface area contributed by atoms with Crippen molar-refractivity contribution in [3.63, 3.8) is 0 Å². The van der Waals surface area contributed by atoms with Gasteiger partial charge in [-0.15, -0.1) is 0 Å². The Hall–Kier alpha value is -2.66. The predicted molar refractivity (Wildman–Crippen MR) is 112 cm³/mol. The third kappa shape index (κ3) is 4.25. The minimum atomic E-state index is 0.228. The highest BCUT2D eigenvalue weighted by Gasteiger charge is 2.21. The summed E-state index contributed by atoms with van der Waals surface area (Å²) in [5.74, 6) is 0.228. The first-order valence-corrected chi connectivity index (χ1v) is 10.1. The molecule has 0 radical (unpaired) electrons. The van der Waals surface area contributed by atoms with Crippen molar-refractivity contribution in [1.82, 2.24) is 19.6 Å². The minimum Gasteiger partial charge on any atom is -0.340 e. The summed E-state index contributed by atoms with van der Waals surface area (Å²) in [6, 6.07) is 15.0. The molecule has 0 N–H and O–H groups in total. The van der Waals surface area contributed by atoms with Gasteiger partial charge in [0, 0.05) is 44.5 Å². The van der Waals surface area contributed by atoms with Gasteiger partial charge in [-0.25, -0.2) is 0 Å². The lowest BCUT2D eigenvalue weighted by atomic mass is 10.1. The van der Waals surface area contributed by atoms with Crippen molar-refractivity contribution >= 4 is 16.8 Å². The van der Waals surface area contributed by atoms with E-state index in [-0.39, 0.29) is 5.91 Å². The molecule has 1 aliphatic rings. The summed E-state index contributed by atoms with van der Waals surface area (Å²) >= 11 is 0. The lowest BCUT2D eigenvalue weighted by Gasteiger charge is -2.34. The molecule has 5 heteroatoms. The van der Waals surface area contributed by atoms with Crippen LogP contribution in [0.25, 0.3) is 10.9 Å².